The van der Waals surface area contributed by atoms with Gasteiger partial charge in [-0.1, -0.05) is 13.8 Å². The monoisotopic (exact) mass is 236 g/mol. The van der Waals surface area contributed by atoms with Gasteiger partial charge < -0.3 is 15.7 Å². The Balaban J connectivity index is 2.05. The predicted octanol–water partition coefficient (Wildman–Crippen LogP) is 0.902. The molecular formula is C12H20N4O. The molecule has 5 nitrogen and oxygen atoms in total. The lowest BCUT2D eigenvalue weighted by atomic mass is 9.95. The molecule has 1 aliphatic rings. The van der Waals surface area contributed by atoms with Crippen molar-refractivity contribution in [3.05, 3.63) is 12.4 Å². The molecule has 2 rings (SSSR count). The molecule has 5 heteroatoms. The second-order valence-corrected chi connectivity index (χ2v) is 5.16. The number of aliphatic hydroxyl groups is 1. The lowest BCUT2D eigenvalue weighted by Gasteiger charge is -2.17. The Kier molecular flexibility index (Phi) is 3.47. The van der Waals surface area contributed by atoms with Crippen LogP contribution in [0.3, 0.4) is 0 Å². The Morgan fingerprint density at radius 3 is 2.88 bits per heavy atom. The number of nitrogen functional groups attached to an aromatic ring is 1. The number of anilines is 2. The maximum Gasteiger partial charge on any atom is 0.134 e. The summed E-state index contributed by atoms with van der Waals surface area (Å²) in [5.74, 6) is 2.20. The highest BCUT2D eigenvalue weighted by atomic mass is 16.3. The minimum Gasteiger partial charge on any atom is -0.391 e. The minimum atomic E-state index is -0.270. The molecule has 0 amide bonds. The summed E-state index contributed by atoms with van der Waals surface area (Å²) in [4.78, 5) is 10.1. The average Bonchev–Trinajstić information content (AvgIpc) is 2.59. The summed E-state index contributed by atoms with van der Waals surface area (Å²) in [7, 11) is 0. The first-order chi connectivity index (χ1) is 8.06. The zero-order chi connectivity index (χ0) is 12.4. The van der Waals surface area contributed by atoms with Crippen molar-refractivity contribution in [1.29, 1.82) is 0 Å². The van der Waals surface area contributed by atoms with Crippen molar-refractivity contribution in [3.63, 3.8) is 0 Å². The van der Waals surface area contributed by atoms with Gasteiger partial charge in [0.05, 0.1) is 6.10 Å². The molecule has 17 heavy (non-hydrogen) atoms. The zero-order valence-corrected chi connectivity index (χ0v) is 10.4. The van der Waals surface area contributed by atoms with Crippen LogP contribution in [-0.4, -0.2) is 34.3 Å². The highest BCUT2D eigenvalue weighted by Gasteiger charge is 2.32. The number of nitrogens with zero attached hydrogens (tertiary/aromatic N) is 3. The Morgan fingerprint density at radius 1 is 1.47 bits per heavy atom. The van der Waals surface area contributed by atoms with Crippen molar-refractivity contribution in [2.45, 2.75) is 26.4 Å². The maximum absolute atomic E-state index is 10.0. The van der Waals surface area contributed by atoms with Crippen molar-refractivity contribution in [2.75, 3.05) is 23.7 Å². The molecular weight excluding hydrogens is 216 g/mol. The molecule has 2 atom stereocenters. The average molecular weight is 236 g/mol. The predicted molar refractivity (Wildman–Crippen MR) is 67.6 cm³/mol. The topological polar surface area (TPSA) is 75.3 Å². The highest BCUT2D eigenvalue weighted by molar-refractivity contribution is 5.47. The van der Waals surface area contributed by atoms with Crippen LogP contribution in [0.5, 0.6) is 0 Å². The molecule has 0 saturated carbocycles. The van der Waals surface area contributed by atoms with Gasteiger partial charge in [-0.05, 0) is 12.3 Å². The molecule has 0 aliphatic carbocycles. The van der Waals surface area contributed by atoms with Crippen LogP contribution >= 0.6 is 0 Å². The standard InChI is InChI=1S/C12H20N4O/c1-8(2)3-9-5-16(6-10(9)17)12-4-11(13)14-7-15-12/h4,7-10,17H,3,5-6H2,1-2H3,(H2,13,14,15). The SMILES string of the molecule is CC(C)CC1CN(c2cc(N)ncn2)CC1O. The van der Waals surface area contributed by atoms with Crippen LogP contribution in [0.1, 0.15) is 20.3 Å². The number of aromatic nitrogens is 2. The van der Waals surface area contributed by atoms with Gasteiger partial charge >= 0.3 is 0 Å². The van der Waals surface area contributed by atoms with Gasteiger partial charge in [0.15, 0.2) is 0 Å². The van der Waals surface area contributed by atoms with E-state index in [1.54, 1.807) is 6.07 Å². The highest BCUT2D eigenvalue weighted by Crippen LogP contribution is 2.27. The molecule has 2 heterocycles. The van der Waals surface area contributed by atoms with Crippen LogP contribution in [-0.2, 0) is 0 Å². The van der Waals surface area contributed by atoms with Gasteiger partial charge in [-0.2, -0.15) is 0 Å². The van der Waals surface area contributed by atoms with E-state index in [0.717, 1.165) is 18.8 Å². The minimum absolute atomic E-state index is 0.270. The summed E-state index contributed by atoms with van der Waals surface area (Å²) in [6.45, 7) is 5.83. The maximum atomic E-state index is 10.0. The first-order valence-electron chi connectivity index (χ1n) is 6.06. The molecule has 1 fully saturated rings. The van der Waals surface area contributed by atoms with Crippen molar-refractivity contribution in [1.82, 2.24) is 9.97 Å². The van der Waals surface area contributed by atoms with Gasteiger partial charge in [0.1, 0.15) is 18.0 Å². The third-order valence-corrected chi connectivity index (χ3v) is 3.18. The molecule has 1 aromatic heterocycles. The van der Waals surface area contributed by atoms with E-state index >= 15 is 0 Å². The Labute approximate surface area is 102 Å². The van der Waals surface area contributed by atoms with E-state index < -0.39 is 0 Å². The molecule has 0 spiro atoms. The van der Waals surface area contributed by atoms with Crippen molar-refractivity contribution in [3.8, 4) is 0 Å². The molecule has 2 unspecified atom stereocenters. The Hall–Kier alpha value is -1.36. The van der Waals surface area contributed by atoms with E-state index in [-0.39, 0.29) is 6.10 Å². The molecule has 0 aromatic carbocycles. The van der Waals surface area contributed by atoms with Crippen LogP contribution in [0.4, 0.5) is 11.6 Å². The summed E-state index contributed by atoms with van der Waals surface area (Å²) in [5, 5.41) is 10.0. The number of aliphatic hydroxyl groups excluding tert-OH is 1. The summed E-state index contributed by atoms with van der Waals surface area (Å²) >= 11 is 0. The lowest BCUT2D eigenvalue weighted by Crippen LogP contribution is -2.22. The van der Waals surface area contributed by atoms with Crippen molar-refractivity contribution in [2.24, 2.45) is 11.8 Å². The van der Waals surface area contributed by atoms with Gasteiger partial charge in [-0.25, -0.2) is 9.97 Å². The summed E-state index contributed by atoms with van der Waals surface area (Å²) in [5.41, 5.74) is 5.64. The third kappa shape index (κ3) is 2.85. The molecule has 1 aliphatic heterocycles. The number of nitrogens with two attached hydrogens (primary N) is 1. The van der Waals surface area contributed by atoms with E-state index in [4.69, 9.17) is 5.73 Å². The summed E-state index contributed by atoms with van der Waals surface area (Å²) < 4.78 is 0. The molecule has 94 valence electrons. The third-order valence-electron chi connectivity index (χ3n) is 3.18. The smallest absolute Gasteiger partial charge is 0.134 e. The van der Waals surface area contributed by atoms with E-state index in [1.165, 1.54) is 6.33 Å². The fourth-order valence-corrected chi connectivity index (χ4v) is 2.41. The second kappa shape index (κ2) is 4.87. The van der Waals surface area contributed by atoms with Crippen molar-refractivity contribution < 1.29 is 5.11 Å². The first-order valence-corrected chi connectivity index (χ1v) is 6.06. The number of hydrogen-bond donors (Lipinski definition) is 2. The summed E-state index contributed by atoms with van der Waals surface area (Å²) in [6.07, 6.45) is 2.24. The number of hydrogen-bond acceptors (Lipinski definition) is 5. The van der Waals surface area contributed by atoms with Gasteiger partial charge in [0.25, 0.3) is 0 Å². The molecule has 3 N–H and O–H groups in total. The van der Waals surface area contributed by atoms with Gasteiger partial charge in [0.2, 0.25) is 0 Å². The van der Waals surface area contributed by atoms with E-state index in [0.29, 0.717) is 24.2 Å². The van der Waals surface area contributed by atoms with Crippen LogP contribution in [0.15, 0.2) is 12.4 Å². The van der Waals surface area contributed by atoms with E-state index in [1.807, 2.05) is 0 Å². The lowest BCUT2D eigenvalue weighted by molar-refractivity contribution is 0.136. The second-order valence-electron chi connectivity index (χ2n) is 5.16. The van der Waals surface area contributed by atoms with E-state index in [9.17, 15) is 5.11 Å². The van der Waals surface area contributed by atoms with Gasteiger partial charge in [-0.15, -0.1) is 0 Å². The summed E-state index contributed by atoms with van der Waals surface area (Å²) in [6, 6.07) is 1.75. The normalized spacial score (nSPS) is 24.6. The zero-order valence-electron chi connectivity index (χ0n) is 10.4. The molecule has 0 bridgehead atoms. The van der Waals surface area contributed by atoms with Crippen LogP contribution < -0.4 is 10.6 Å². The quantitative estimate of drug-likeness (QED) is 0.815. The number of rotatable bonds is 3. The largest absolute Gasteiger partial charge is 0.391 e. The van der Waals surface area contributed by atoms with Crippen LogP contribution in [0.25, 0.3) is 0 Å². The number of β-amino-alcohol motifs (C(OH)–C–C–N with tert-alkyl or cyclic N) is 1. The Bertz CT molecular complexity index is 383. The van der Waals surface area contributed by atoms with Gasteiger partial charge in [0, 0.05) is 25.1 Å². The first kappa shape index (κ1) is 12.1. The Morgan fingerprint density at radius 2 is 2.24 bits per heavy atom. The molecule has 0 radical (unpaired) electrons. The van der Waals surface area contributed by atoms with Gasteiger partial charge in [-0.3, -0.25) is 0 Å². The van der Waals surface area contributed by atoms with Crippen LogP contribution in [0.2, 0.25) is 0 Å². The molecule has 1 aromatic rings. The van der Waals surface area contributed by atoms with Crippen molar-refractivity contribution >= 4 is 11.6 Å². The van der Waals surface area contributed by atoms with E-state index in [2.05, 4.69) is 28.7 Å². The fraction of sp³-hybridized carbons (Fsp3) is 0.667. The van der Waals surface area contributed by atoms with Crippen LogP contribution in [0, 0.1) is 11.8 Å². The molecule has 1 saturated heterocycles. The fourth-order valence-electron chi connectivity index (χ4n) is 2.41.